The highest BCUT2D eigenvalue weighted by Gasteiger charge is 2.23. The molecule has 1 aromatic carbocycles. The predicted molar refractivity (Wildman–Crippen MR) is 98.1 cm³/mol. The summed E-state index contributed by atoms with van der Waals surface area (Å²) in [5.74, 6) is -0.515. The summed E-state index contributed by atoms with van der Waals surface area (Å²) in [5, 5.41) is 2.59. The zero-order chi connectivity index (χ0) is 19.3. The second kappa shape index (κ2) is 8.64. The van der Waals surface area contributed by atoms with Crippen LogP contribution in [0.1, 0.15) is 39.0 Å². The van der Waals surface area contributed by atoms with Gasteiger partial charge in [-0.1, -0.05) is 18.9 Å². The van der Waals surface area contributed by atoms with Crippen LogP contribution in [-0.4, -0.2) is 44.8 Å². The maximum atomic E-state index is 12.2. The lowest BCUT2D eigenvalue weighted by molar-refractivity contribution is -0.154. The van der Waals surface area contributed by atoms with Crippen LogP contribution in [0.3, 0.4) is 0 Å². The number of nitrogens with zero attached hydrogens (tertiary/aromatic N) is 1. The lowest BCUT2D eigenvalue weighted by Crippen LogP contribution is -2.30. The highest BCUT2D eigenvalue weighted by molar-refractivity contribution is 7.89. The first-order valence-electron chi connectivity index (χ1n) is 8.73. The van der Waals surface area contributed by atoms with Gasteiger partial charge in [0.2, 0.25) is 10.0 Å². The minimum absolute atomic E-state index is 0.0752. The summed E-state index contributed by atoms with van der Waals surface area (Å²) in [6.45, 7) is 1.50. The van der Waals surface area contributed by atoms with Crippen molar-refractivity contribution >= 4 is 27.6 Å². The minimum Gasteiger partial charge on any atom is -0.453 e. The van der Waals surface area contributed by atoms with E-state index in [-0.39, 0.29) is 10.9 Å². The molecule has 1 aliphatic carbocycles. The molecule has 1 aliphatic rings. The van der Waals surface area contributed by atoms with Gasteiger partial charge in [-0.3, -0.25) is 9.59 Å². The van der Waals surface area contributed by atoms with Gasteiger partial charge in [0.15, 0.2) is 6.10 Å². The fourth-order valence-electron chi connectivity index (χ4n) is 2.94. The summed E-state index contributed by atoms with van der Waals surface area (Å²) in [7, 11) is -0.717. The molecule has 2 rings (SSSR count). The van der Waals surface area contributed by atoms with Crippen LogP contribution in [0.25, 0.3) is 0 Å². The van der Waals surface area contributed by atoms with Crippen LogP contribution in [0.4, 0.5) is 5.69 Å². The van der Waals surface area contributed by atoms with E-state index in [1.165, 1.54) is 33.2 Å². The van der Waals surface area contributed by atoms with Crippen LogP contribution in [0.15, 0.2) is 29.2 Å². The van der Waals surface area contributed by atoms with E-state index in [0.717, 1.165) is 30.0 Å². The van der Waals surface area contributed by atoms with E-state index in [2.05, 4.69) is 5.32 Å². The molecule has 0 spiro atoms. The lowest BCUT2D eigenvalue weighted by Gasteiger charge is -2.16. The van der Waals surface area contributed by atoms with E-state index >= 15 is 0 Å². The summed E-state index contributed by atoms with van der Waals surface area (Å²) >= 11 is 0. The first-order valence-corrected chi connectivity index (χ1v) is 10.2. The van der Waals surface area contributed by atoms with Crippen LogP contribution >= 0.6 is 0 Å². The number of anilines is 1. The largest absolute Gasteiger partial charge is 0.453 e. The Labute approximate surface area is 154 Å². The average Bonchev–Trinajstić information content (AvgIpc) is 3.07. The Kier molecular flexibility index (Phi) is 6.77. The topological polar surface area (TPSA) is 92.8 Å². The molecular weight excluding hydrogens is 356 g/mol. The van der Waals surface area contributed by atoms with Crippen molar-refractivity contribution in [2.75, 3.05) is 19.4 Å². The highest BCUT2D eigenvalue weighted by Crippen LogP contribution is 2.28. The molecule has 1 amide bonds. The van der Waals surface area contributed by atoms with Crippen molar-refractivity contribution in [2.24, 2.45) is 5.92 Å². The molecule has 1 atom stereocenters. The van der Waals surface area contributed by atoms with Crippen LogP contribution in [0.5, 0.6) is 0 Å². The number of hydrogen-bond acceptors (Lipinski definition) is 5. The molecule has 1 aromatic rings. The van der Waals surface area contributed by atoms with Crippen LogP contribution in [0, 0.1) is 5.92 Å². The molecule has 0 bridgehead atoms. The minimum atomic E-state index is -3.59. The molecule has 0 radical (unpaired) electrons. The fraction of sp³-hybridized carbons (Fsp3) is 0.556. The Morgan fingerprint density at radius 3 is 2.54 bits per heavy atom. The average molecular weight is 382 g/mol. The molecule has 1 saturated carbocycles. The Morgan fingerprint density at radius 2 is 1.92 bits per heavy atom. The highest BCUT2D eigenvalue weighted by atomic mass is 32.2. The monoisotopic (exact) mass is 382 g/mol. The van der Waals surface area contributed by atoms with Gasteiger partial charge in [-0.2, -0.15) is 0 Å². The van der Waals surface area contributed by atoms with Crippen molar-refractivity contribution in [3.05, 3.63) is 24.3 Å². The van der Waals surface area contributed by atoms with Gasteiger partial charge < -0.3 is 10.1 Å². The van der Waals surface area contributed by atoms with E-state index in [1.54, 1.807) is 12.1 Å². The van der Waals surface area contributed by atoms with E-state index < -0.39 is 22.0 Å². The molecule has 26 heavy (non-hydrogen) atoms. The molecular formula is C18H26N2O5S. The van der Waals surface area contributed by atoms with Crippen LogP contribution < -0.4 is 5.32 Å². The molecule has 7 nitrogen and oxygen atoms in total. The van der Waals surface area contributed by atoms with Crippen molar-refractivity contribution in [3.63, 3.8) is 0 Å². The van der Waals surface area contributed by atoms with Gasteiger partial charge in [0.1, 0.15) is 0 Å². The van der Waals surface area contributed by atoms with Crippen molar-refractivity contribution in [1.29, 1.82) is 0 Å². The Hall–Kier alpha value is -1.93. The van der Waals surface area contributed by atoms with Crippen molar-refractivity contribution in [3.8, 4) is 0 Å². The van der Waals surface area contributed by atoms with Gasteiger partial charge in [-0.15, -0.1) is 0 Å². The fourth-order valence-corrected chi connectivity index (χ4v) is 3.89. The quantitative estimate of drug-likeness (QED) is 0.731. The maximum absolute atomic E-state index is 12.2. The zero-order valence-corrected chi connectivity index (χ0v) is 16.2. The molecule has 1 N–H and O–H groups in total. The summed E-state index contributed by atoms with van der Waals surface area (Å²) in [5.41, 5.74) is 0.330. The van der Waals surface area contributed by atoms with Crippen molar-refractivity contribution in [2.45, 2.75) is 50.0 Å². The van der Waals surface area contributed by atoms with E-state index in [1.807, 2.05) is 0 Å². The number of esters is 1. The number of nitrogens with one attached hydrogen (secondary N) is 1. The lowest BCUT2D eigenvalue weighted by atomic mass is 10.0. The standard InChI is InChI=1S/C18H26N2O5S/c1-13(25-17(21)11-14-7-4-5-8-14)18(22)19-15-9-6-10-16(12-15)26(23,24)20(2)3/h6,9-10,12-14H,4-5,7-8,11H2,1-3H3,(H,19,22)/t13-/m1/s1. The SMILES string of the molecule is C[C@@H](OC(=O)CC1CCCC1)C(=O)Nc1cccc(S(=O)(=O)N(C)C)c1. The van der Waals surface area contributed by atoms with E-state index in [4.69, 9.17) is 4.74 Å². The van der Waals surface area contributed by atoms with E-state index in [9.17, 15) is 18.0 Å². The third-order valence-corrected chi connectivity index (χ3v) is 6.30. The molecule has 0 unspecified atom stereocenters. The van der Waals surface area contributed by atoms with Crippen LogP contribution in [-0.2, 0) is 24.3 Å². The molecule has 0 aromatic heterocycles. The summed E-state index contributed by atoms with van der Waals surface area (Å²) in [4.78, 5) is 24.2. The molecule has 0 aliphatic heterocycles. The first kappa shape index (κ1) is 20.4. The smallest absolute Gasteiger partial charge is 0.306 e. The van der Waals surface area contributed by atoms with Gasteiger partial charge in [-0.25, -0.2) is 12.7 Å². The number of benzene rings is 1. The summed E-state index contributed by atoms with van der Waals surface area (Å²) in [6, 6.07) is 5.96. The molecule has 0 saturated heterocycles. The van der Waals surface area contributed by atoms with Gasteiger partial charge in [0.05, 0.1) is 4.90 Å². The second-order valence-corrected chi connectivity index (χ2v) is 8.94. The number of hydrogen-bond donors (Lipinski definition) is 1. The van der Waals surface area contributed by atoms with E-state index in [0.29, 0.717) is 18.0 Å². The summed E-state index contributed by atoms with van der Waals surface area (Å²) in [6.07, 6.45) is 3.73. The number of carbonyl (C=O) groups excluding carboxylic acids is 2. The molecule has 0 heterocycles. The number of ether oxygens (including phenoxy) is 1. The van der Waals surface area contributed by atoms with Crippen molar-refractivity contribution in [1.82, 2.24) is 4.31 Å². The number of sulfonamides is 1. The second-order valence-electron chi connectivity index (χ2n) is 6.79. The third kappa shape index (κ3) is 5.28. The Morgan fingerprint density at radius 1 is 1.27 bits per heavy atom. The molecule has 8 heteroatoms. The zero-order valence-electron chi connectivity index (χ0n) is 15.4. The Balaban J connectivity index is 1.95. The van der Waals surface area contributed by atoms with Gasteiger partial charge in [0.25, 0.3) is 5.91 Å². The summed E-state index contributed by atoms with van der Waals surface area (Å²) < 4.78 is 30.6. The van der Waals surface area contributed by atoms with Gasteiger partial charge in [0, 0.05) is 26.2 Å². The van der Waals surface area contributed by atoms with Crippen molar-refractivity contribution < 1.29 is 22.7 Å². The number of carbonyl (C=O) groups is 2. The van der Waals surface area contributed by atoms with Crippen LogP contribution in [0.2, 0.25) is 0 Å². The normalized spacial score (nSPS) is 16.5. The van der Waals surface area contributed by atoms with Gasteiger partial charge >= 0.3 is 5.97 Å². The third-order valence-electron chi connectivity index (χ3n) is 4.49. The van der Waals surface area contributed by atoms with Gasteiger partial charge in [-0.05, 0) is 43.9 Å². The molecule has 144 valence electrons. The molecule has 1 fully saturated rings. The Bertz CT molecular complexity index is 755. The first-order chi connectivity index (χ1) is 12.2. The predicted octanol–water partition coefficient (Wildman–Crippen LogP) is 2.39. The maximum Gasteiger partial charge on any atom is 0.306 e. The number of amides is 1. The number of rotatable bonds is 7.